The number of halogens is 1. The van der Waals surface area contributed by atoms with E-state index in [-0.39, 0.29) is 35.1 Å². The lowest BCUT2D eigenvalue weighted by molar-refractivity contribution is 0.373. The molecule has 0 bridgehead atoms. The van der Waals surface area contributed by atoms with Crippen LogP contribution < -0.4 is 15.4 Å². The maximum atomic E-state index is 9.89. The number of aromatic hydroxyl groups is 1. The number of hydrogen-bond donors (Lipinski definition) is 3. The molecular formula is C21H30IN3O2. The maximum absolute atomic E-state index is 9.89. The van der Waals surface area contributed by atoms with Crippen molar-refractivity contribution in [3.63, 3.8) is 0 Å². The predicted octanol–water partition coefficient (Wildman–Crippen LogP) is 4.05. The lowest BCUT2D eigenvalue weighted by atomic mass is 9.85. The molecule has 0 fully saturated rings. The molecule has 2 rings (SSSR count). The van der Waals surface area contributed by atoms with Crippen molar-refractivity contribution in [3.8, 4) is 11.5 Å². The first-order valence-electron chi connectivity index (χ1n) is 8.90. The standard InChI is InChI=1S/C21H29N3O2.HI/c1-5-22-20(23-14-16-11-12-19(26-4)18(25)13-16)24-15-21(2,3)17-9-7-6-8-10-17;/h6-13,25H,5,14-15H2,1-4H3,(H2,22,23,24);1H. The van der Waals surface area contributed by atoms with Crippen LogP contribution in [0, 0.1) is 0 Å². The van der Waals surface area contributed by atoms with E-state index in [1.165, 1.54) is 12.7 Å². The first-order valence-corrected chi connectivity index (χ1v) is 8.90. The van der Waals surface area contributed by atoms with E-state index in [0.29, 0.717) is 12.3 Å². The van der Waals surface area contributed by atoms with Crippen molar-refractivity contribution in [3.05, 3.63) is 59.7 Å². The summed E-state index contributed by atoms with van der Waals surface area (Å²) in [5.41, 5.74) is 2.18. The highest BCUT2D eigenvalue weighted by Crippen LogP contribution is 2.26. The molecule has 0 spiro atoms. The fourth-order valence-electron chi connectivity index (χ4n) is 2.64. The Bertz CT molecular complexity index is 733. The summed E-state index contributed by atoms with van der Waals surface area (Å²) in [4.78, 5) is 4.62. The maximum Gasteiger partial charge on any atom is 0.191 e. The van der Waals surface area contributed by atoms with Gasteiger partial charge in [0.2, 0.25) is 0 Å². The number of nitrogens with zero attached hydrogens (tertiary/aromatic N) is 1. The third kappa shape index (κ3) is 6.93. The topological polar surface area (TPSA) is 65.9 Å². The number of ether oxygens (including phenoxy) is 1. The molecule has 0 atom stereocenters. The van der Waals surface area contributed by atoms with Crippen molar-refractivity contribution >= 4 is 29.9 Å². The quantitative estimate of drug-likeness (QED) is 0.316. The van der Waals surface area contributed by atoms with E-state index >= 15 is 0 Å². The van der Waals surface area contributed by atoms with Gasteiger partial charge in [0.15, 0.2) is 17.5 Å². The molecule has 2 aromatic rings. The van der Waals surface area contributed by atoms with E-state index in [1.807, 2.05) is 19.1 Å². The molecule has 148 valence electrons. The van der Waals surface area contributed by atoms with Gasteiger partial charge >= 0.3 is 0 Å². The molecule has 0 saturated heterocycles. The van der Waals surface area contributed by atoms with Crippen LogP contribution in [0.2, 0.25) is 0 Å². The van der Waals surface area contributed by atoms with Gasteiger partial charge in [0, 0.05) is 18.5 Å². The zero-order valence-corrected chi connectivity index (χ0v) is 18.8. The Balaban J connectivity index is 0.00000364. The number of aliphatic imine (C=N–C) groups is 1. The molecule has 0 heterocycles. The molecule has 2 aromatic carbocycles. The van der Waals surface area contributed by atoms with Crippen LogP contribution in [0.25, 0.3) is 0 Å². The van der Waals surface area contributed by atoms with Gasteiger partial charge in [-0.25, -0.2) is 4.99 Å². The first-order chi connectivity index (χ1) is 12.5. The van der Waals surface area contributed by atoms with Gasteiger partial charge in [0.1, 0.15) is 0 Å². The number of methoxy groups -OCH3 is 1. The molecule has 0 amide bonds. The van der Waals surface area contributed by atoms with E-state index < -0.39 is 0 Å². The number of hydrogen-bond acceptors (Lipinski definition) is 3. The summed E-state index contributed by atoms with van der Waals surface area (Å²) in [5, 5.41) is 16.6. The molecule has 5 nitrogen and oxygen atoms in total. The smallest absolute Gasteiger partial charge is 0.191 e. The predicted molar refractivity (Wildman–Crippen MR) is 122 cm³/mol. The highest BCUT2D eigenvalue weighted by atomic mass is 127. The molecule has 0 aliphatic rings. The van der Waals surface area contributed by atoms with Gasteiger partial charge in [-0.05, 0) is 30.2 Å². The van der Waals surface area contributed by atoms with Gasteiger partial charge in [-0.2, -0.15) is 0 Å². The second-order valence-corrected chi connectivity index (χ2v) is 6.80. The zero-order chi connectivity index (χ0) is 19.0. The second kappa shape index (κ2) is 11.0. The molecule has 27 heavy (non-hydrogen) atoms. The average molecular weight is 483 g/mol. The van der Waals surface area contributed by atoms with Gasteiger partial charge < -0.3 is 20.5 Å². The van der Waals surface area contributed by atoms with Crippen molar-refractivity contribution in [1.29, 1.82) is 0 Å². The van der Waals surface area contributed by atoms with Crippen LogP contribution in [-0.4, -0.2) is 31.3 Å². The number of nitrogens with one attached hydrogen (secondary N) is 2. The molecule has 0 saturated carbocycles. The van der Waals surface area contributed by atoms with E-state index in [2.05, 4.69) is 53.7 Å². The van der Waals surface area contributed by atoms with Crippen molar-refractivity contribution in [2.75, 3.05) is 20.2 Å². The van der Waals surface area contributed by atoms with E-state index in [9.17, 15) is 5.11 Å². The van der Waals surface area contributed by atoms with Crippen LogP contribution >= 0.6 is 24.0 Å². The van der Waals surface area contributed by atoms with Crippen molar-refractivity contribution < 1.29 is 9.84 Å². The Hall–Kier alpha value is -1.96. The molecule has 0 aromatic heterocycles. The zero-order valence-electron chi connectivity index (χ0n) is 16.5. The molecule has 6 heteroatoms. The third-order valence-electron chi connectivity index (χ3n) is 4.26. The molecular weight excluding hydrogens is 453 g/mol. The van der Waals surface area contributed by atoms with Gasteiger partial charge in [-0.1, -0.05) is 50.2 Å². The van der Waals surface area contributed by atoms with Gasteiger partial charge in [-0.3, -0.25) is 0 Å². The van der Waals surface area contributed by atoms with Crippen LogP contribution in [0.5, 0.6) is 11.5 Å². The minimum Gasteiger partial charge on any atom is -0.504 e. The average Bonchev–Trinajstić information content (AvgIpc) is 2.65. The van der Waals surface area contributed by atoms with Crippen LogP contribution in [0.1, 0.15) is 31.9 Å². The number of phenolic OH excluding ortho intramolecular Hbond substituents is 1. The van der Waals surface area contributed by atoms with Gasteiger partial charge in [-0.15, -0.1) is 24.0 Å². The fraction of sp³-hybridized carbons (Fsp3) is 0.381. The van der Waals surface area contributed by atoms with Crippen molar-refractivity contribution in [2.24, 2.45) is 4.99 Å². The largest absolute Gasteiger partial charge is 0.504 e. The fourth-order valence-corrected chi connectivity index (χ4v) is 2.64. The second-order valence-electron chi connectivity index (χ2n) is 6.80. The summed E-state index contributed by atoms with van der Waals surface area (Å²) in [7, 11) is 1.54. The Morgan fingerprint density at radius 2 is 1.81 bits per heavy atom. The monoisotopic (exact) mass is 483 g/mol. The molecule has 0 aliphatic carbocycles. The third-order valence-corrected chi connectivity index (χ3v) is 4.26. The van der Waals surface area contributed by atoms with Crippen molar-refractivity contribution in [1.82, 2.24) is 10.6 Å². The van der Waals surface area contributed by atoms with Crippen molar-refractivity contribution in [2.45, 2.75) is 32.7 Å². The number of phenols is 1. The summed E-state index contributed by atoms with van der Waals surface area (Å²) < 4.78 is 5.07. The minimum absolute atomic E-state index is 0. The Morgan fingerprint density at radius 1 is 1.11 bits per heavy atom. The highest BCUT2D eigenvalue weighted by Gasteiger charge is 2.20. The normalized spacial score (nSPS) is 11.5. The Morgan fingerprint density at radius 3 is 2.41 bits per heavy atom. The molecule has 3 N–H and O–H groups in total. The minimum atomic E-state index is -0.0180. The lowest BCUT2D eigenvalue weighted by Crippen LogP contribution is -2.43. The lowest BCUT2D eigenvalue weighted by Gasteiger charge is -2.26. The Kier molecular flexibility index (Phi) is 9.41. The number of benzene rings is 2. The molecule has 0 unspecified atom stereocenters. The number of guanidine groups is 1. The highest BCUT2D eigenvalue weighted by molar-refractivity contribution is 14.0. The van der Waals surface area contributed by atoms with Gasteiger partial charge in [0.05, 0.1) is 13.7 Å². The molecule has 0 radical (unpaired) electrons. The SMILES string of the molecule is CCNC(=NCc1ccc(OC)c(O)c1)NCC(C)(C)c1ccccc1.I. The summed E-state index contributed by atoms with van der Waals surface area (Å²) in [6.45, 7) is 8.47. The summed E-state index contributed by atoms with van der Waals surface area (Å²) >= 11 is 0. The van der Waals surface area contributed by atoms with E-state index in [1.54, 1.807) is 12.1 Å². The van der Waals surface area contributed by atoms with Crippen LogP contribution in [-0.2, 0) is 12.0 Å². The molecule has 0 aliphatic heterocycles. The summed E-state index contributed by atoms with van der Waals surface area (Å²) in [6, 6.07) is 15.8. The summed E-state index contributed by atoms with van der Waals surface area (Å²) in [5.74, 6) is 1.35. The van der Waals surface area contributed by atoms with Crippen LogP contribution in [0.3, 0.4) is 0 Å². The van der Waals surface area contributed by atoms with Crippen LogP contribution in [0.15, 0.2) is 53.5 Å². The first kappa shape index (κ1) is 23.1. The van der Waals surface area contributed by atoms with E-state index in [4.69, 9.17) is 4.74 Å². The van der Waals surface area contributed by atoms with E-state index in [0.717, 1.165) is 24.6 Å². The number of rotatable bonds is 7. The van der Waals surface area contributed by atoms with Gasteiger partial charge in [0.25, 0.3) is 0 Å². The summed E-state index contributed by atoms with van der Waals surface area (Å²) in [6.07, 6.45) is 0. The van der Waals surface area contributed by atoms with Crippen LogP contribution in [0.4, 0.5) is 0 Å². The Labute approximate surface area is 179 Å².